The quantitative estimate of drug-likeness (QED) is 0.803. The van der Waals surface area contributed by atoms with Crippen molar-refractivity contribution in [2.24, 2.45) is 0 Å². The normalized spacial score (nSPS) is 17.0. The van der Waals surface area contributed by atoms with Crippen molar-refractivity contribution in [3.63, 3.8) is 0 Å². The predicted molar refractivity (Wildman–Crippen MR) is 65.5 cm³/mol. The molecule has 0 saturated carbocycles. The van der Waals surface area contributed by atoms with E-state index < -0.39 is 0 Å². The fourth-order valence-corrected chi connectivity index (χ4v) is 2.54. The lowest BCUT2D eigenvalue weighted by atomic mass is 10.4. The molecule has 2 rings (SSSR count). The van der Waals surface area contributed by atoms with Gasteiger partial charge in [0.05, 0.1) is 7.11 Å². The summed E-state index contributed by atoms with van der Waals surface area (Å²) in [7, 11) is 1.52. The SMILES string of the molecule is COc1nc(Cl)nc(N2CCCSCC2)n1. The van der Waals surface area contributed by atoms with E-state index in [4.69, 9.17) is 16.3 Å². The van der Waals surface area contributed by atoms with Crippen LogP contribution in [0.4, 0.5) is 5.95 Å². The highest BCUT2D eigenvalue weighted by Crippen LogP contribution is 2.18. The van der Waals surface area contributed by atoms with Crippen LogP contribution in [-0.2, 0) is 0 Å². The smallest absolute Gasteiger partial charge is 0.322 e. The van der Waals surface area contributed by atoms with Gasteiger partial charge in [-0.05, 0) is 23.8 Å². The van der Waals surface area contributed by atoms with Crippen molar-refractivity contribution in [3.05, 3.63) is 5.28 Å². The molecular weight excluding hydrogens is 248 g/mol. The summed E-state index contributed by atoms with van der Waals surface area (Å²) in [5.41, 5.74) is 0. The number of thioether (sulfide) groups is 1. The summed E-state index contributed by atoms with van der Waals surface area (Å²) in [6, 6.07) is 0.270. The summed E-state index contributed by atoms with van der Waals surface area (Å²) in [5.74, 6) is 2.89. The Kier molecular flexibility index (Phi) is 4.06. The maximum absolute atomic E-state index is 5.81. The lowest BCUT2D eigenvalue weighted by molar-refractivity contribution is 0.378. The summed E-state index contributed by atoms with van der Waals surface area (Å²) in [5, 5.41) is 0.179. The zero-order valence-electron chi connectivity index (χ0n) is 9.02. The van der Waals surface area contributed by atoms with Crippen LogP contribution in [0.5, 0.6) is 6.01 Å². The number of nitrogens with zero attached hydrogens (tertiary/aromatic N) is 4. The van der Waals surface area contributed by atoms with Crippen LogP contribution >= 0.6 is 23.4 Å². The van der Waals surface area contributed by atoms with E-state index >= 15 is 0 Å². The molecule has 1 aliphatic heterocycles. The predicted octanol–water partition coefficient (Wildman–Crippen LogP) is 1.48. The van der Waals surface area contributed by atoms with Crippen molar-refractivity contribution < 1.29 is 4.74 Å². The van der Waals surface area contributed by atoms with Gasteiger partial charge in [0.15, 0.2) is 0 Å². The van der Waals surface area contributed by atoms with Gasteiger partial charge in [0, 0.05) is 18.8 Å². The zero-order valence-corrected chi connectivity index (χ0v) is 10.6. The van der Waals surface area contributed by atoms with Crippen LogP contribution < -0.4 is 9.64 Å². The Morgan fingerprint density at radius 2 is 2.12 bits per heavy atom. The molecule has 0 N–H and O–H groups in total. The molecule has 1 aromatic heterocycles. The van der Waals surface area contributed by atoms with Crippen molar-refractivity contribution in [1.82, 2.24) is 15.0 Å². The second-order valence-corrected chi connectivity index (χ2v) is 4.91. The molecule has 0 spiro atoms. The molecule has 0 unspecified atom stereocenters. The highest BCUT2D eigenvalue weighted by atomic mass is 35.5. The number of ether oxygens (including phenoxy) is 1. The molecule has 1 saturated heterocycles. The van der Waals surface area contributed by atoms with Gasteiger partial charge in [0.2, 0.25) is 11.2 Å². The van der Waals surface area contributed by atoms with E-state index in [2.05, 4.69) is 19.9 Å². The molecule has 0 aliphatic carbocycles. The third-order valence-corrected chi connectivity index (χ3v) is 3.48. The minimum atomic E-state index is 0.179. The van der Waals surface area contributed by atoms with Crippen molar-refractivity contribution in [2.45, 2.75) is 6.42 Å². The number of anilines is 1. The van der Waals surface area contributed by atoms with E-state index in [1.165, 1.54) is 12.9 Å². The molecule has 16 heavy (non-hydrogen) atoms. The van der Waals surface area contributed by atoms with Gasteiger partial charge < -0.3 is 9.64 Å². The van der Waals surface area contributed by atoms with Crippen molar-refractivity contribution in [1.29, 1.82) is 0 Å². The van der Waals surface area contributed by atoms with Gasteiger partial charge in [-0.1, -0.05) is 0 Å². The van der Waals surface area contributed by atoms with Crippen LogP contribution in [0.15, 0.2) is 0 Å². The second kappa shape index (κ2) is 5.54. The van der Waals surface area contributed by atoms with Crippen molar-refractivity contribution >= 4 is 29.3 Å². The fourth-order valence-electron chi connectivity index (χ4n) is 1.50. The first-order valence-electron chi connectivity index (χ1n) is 5.08. The van der Waals surface area contributed by atoms with E-state index in [1.54, 1.807) is 0 Å². The van der Waals surface area contributed by atoms with Gasteiger partial charge in [0.1, 0.15) is 0 Å². The Labute approximate surface area is 104 Å². The molecule has 1 aromatic rings. The second-order valence-electron chi connectivity index (χ2n) is 3.34. The minimum absolute atomic E-state index is 0.179. The van der Waals surface area contributed by atoms with E-state index in [0.29, 0.717) is 5.95 Å². The average molecular weight is 261 g/mol. The largest absolute Gasteiger partial charge is 0.467 e. The molecule has 0 bridgehead atoms. The summed E-state index contributed by atoms with van der Waals surface area (Å²) < 4.78 is 4.98. The first-order valence-corrected chi connectivity index (χ1v) is 6.61. The Morgan fingerprint density at radius 3 is 2.94 bits per heavy atom. The number of hydrogen-bond donors (Lipinski definition) is 0. The Bertz CT molecular complexity index is 357. The minimum Gasteiger partial charge on any atom is -0.467 e. The molecule has 2 heterocycles. The molecular formula is C9H13ClN4OS. The van der Waals surface area contributed by atoms with Crippen molar-refractivity contribution in [2.75, 3.05) is 36.6 Å². The number of halogens is 1. The fraction of sp³-hybridized carbons (Fsp3) is 0.667. The van der Waals surface area contributed by atoms with Crippen LogP contribution in [0.3, 0.4) is 0 Å². The standard InChI is InChI=1S/C9H13ClN4OS/c1-15-9-12-7(10)11-8(13-9)14-3-2-5-16-6-4-14/h2-6H2,1H3. The van der Waals surface area contributed by atoms with Gasteiger partial charge in [0.25, 0.3) is 0 Å². The Hall–Kier alpha value is -0.750. The van der Waals surface area contributed by atoms with E-state index in [-0.39, 0.29) is 11.3 Å². The van der Waals surface area contributed by atoms with Gasteiger partial charge in [-0.15, -0.1) is 0 Å². The first kappa shape index (κ1) is 11.7. The van der Waals surface area contributed by atoms with Crippen LogP contribution in [-0.4, -0.2) is 46.7 Å². The lowest BCUT2D eigenvalue weighted by Gasteiger charge is -2.19. The maximum Gasteiger partial charge on any atom is 0.322 e. The highest BCUT2D eigenvalue weighted by Gasteiger charge is 2.15. The number of methoxy groups -OCH3 is 1. The third-order valence-electron chi connectivity index (χ3n) is 2.26. The molecule has 7 heteroatoms. The molecule has 1 aliphatic rings. The van der Waals surface area contributed by atoms with Crippen LogP contribution in [0.25, 0.3) is 0 Å². The van der Waals surface area contributed by atoms with Gasteiger partial charge in [-0.3, -0.25) is 0 Å². The summed E-state index contributed by atoms with van der Waals surface area (Å²) in [6.45, 7) is 1.89. The summed E-state index contributed by atoms with van der Waals surface area (Å²) in [4.78, 5) is 14.3. The van der Waals surface area contributed by atoms with Crippen LogP contribution in [0.2, 0.25) is 5.28 Å². The number of rotatable bonds is 2. The lowest BCUT2D eigenvalue weighted by Crippen LogP contribution is -2.27. The molecule has 0 radical (unpaired) electrons. The first-order chi connectivity index (χ1) is 7.79. The topological polar surface area (TPSA) is 51.1 Å². The summed E-state index contributed by atoms with van der Waals surface area (Å²) >= 11 is 7.77. The zero-order chi connectivity index (χ0) is 11.4. The molecule has 88 valence electrons. The monoisotopic (exact) mass is 260 g/mol. The van der Waals surface area contributed by atoms with E-state index in [1.807, 2.05) is 11.8 Å². The van der Waals surface area contributed by atoms with Gasteiger partial charge in [-0.2, -0.15) is 26.7 Å². The van der Waals surface area contributed by atoms with Gasteiger partial charge in [-0.25, -0.2) is 0 Å². The summed E-state index contributed by atoms with van der Waals surface area (Å²) in [6.07, 6.45) is 1.14. The molecule has 0 amide bonds. The molecule has 5 nitrogen and oxygen atoms in total. The van der Waals surface area contributed by atoms with Crippen LogP contribution in [0, 0.1) is 0 Å². The van der Waals surface area contributed by atoms with Crippen molar-refractivity contribution in [3.8, 4) is 6.01 Å². The molecule has 0 atom stereocenters. The molecule has 0 aromatic carbocycles. The Morgan fingerprint density at radius 1 is 1.25 bits per heavy atom. The number of aromatic nitrogens is 3. The average Bonchev–Trinajstić information content (AvgIpc) is 2.56. The van der Waals surface area contributed by atoms with E-state index in [9.17, 15) is 0 Å². The highest BCUT2D eigenvalue weighted by molar-refractivity contribution is 7.99. The molecule has 1 fully saturated rings. The van der Waals surface area contributed by atoms with Gasteiger partial charge >= 0.3 is 6.01 Å². The number of hydrogen-bond acceptors (Lipinski definition) is 6. The Balaban J connectivity index is 2.20. The van der Waals surface area contributed by atoms with Crippen LogP contribution in [0.1, 0.15) is 6.42 Å². The van der Waals surface area contributed by atoms with E-state index in [0.717, 1.165) is 25.3 Å². The third kappa shape index (κ3) is 2.89. The maximum atomic E-state index is 5.81.